The first kappa shape index (κ1) is 25.5. The summed E-state index contributed by atoms with van der Waals surface area (Å²) in [5.41, 5.74) is 3.76. The minimum absolute atomic E-state index is 0.242. The first-order valence-electron chi connectivity index (χ1n) is 13.1. The Labute approximate surface area is 233 Å². The number of hydrogen-bond donors (Lipinski definition) is 1. The van der Waals surface area contributed by atoms with Crippen LogP contribution in [0, 0.1) is 11.7 Å². The first-order chi connectivity index (χ1) is 19.0. The lowest BCUT2D eigenvalue weighted by Gasteiger charge is -2.28. The molecule has 0 radical (unpaired) electrons. The molecule has 2 heterocycles. The van der Waals surface area contributed by atoms with E-state index in [-0.39, 0.29) is 18.3 Å². The number of halogens is 2. The van der Waals surface area contributed by atoms with Crippen LogP contribution in [-0.4, -0.2) is 25.6 Å². The first-order valence-corrected chi connectivity index (χ1v) is 13.9. The molecule has 1 fully saturated rings. The third-order valence-electron chi connectivity index (χ3n) is 7.55. The maximum absolute atomic E-state index is 14.9. The van der Waals surface area contributed by atoms with Crippen LogP contribution in [0.5, 0.6) is 5.75 Å². The van der Waals surface area contributed by atoms with E-state index in [2.05, 4.69) is 20.9 Å². The molecule has 8 heteroatoms. The number of ether oxygens (including phenoxy) is 1. The molecule has 1 aliphatic carbocycles. The van der Waals surface area contributed by atoms with Gasteiger partial charge >= 0.3 is 5.97 Å². The number of aliphatic carboxylic acids is 1. The van der Waals surface area contributed by atoms with Crippen molar-refractivity contribution in [1.29, 1.82) is 0 Å². The number of benzene rings is 3. The minimum atomic E-state index is -0.806. The summed E-state index contributed by atoms with van der Waals surface area (Å²) in [5.74, 6) is -0.555. The number of rotatable bonds is 7. The third-order valence-corrected chi connectivity index (χ3v) is 8.04. The maximum Gasteiger partial charge on any atom is 0.307 e. The Kier molecular flexibility index (Phi) is 7.04. The molecule has 0 saturated heterocycles. The molecule has 6 rings (SSSR count). The Hall–Kier alpha value is -3.78. The average molecular weight is 588 g/mol. The van der Waals surface area contributed by atoms with Gasteiger partial charge in [-0.1, -0.05) is 59.1 Å². The quantitative estimate of drug-likeness (QED) is 0.214. The summed E-state index contributed by atoms with van der Waals surface area (Å²) in [6.45, 7) is 0.562. The Morgan fingerprint density at radius 3 is 2.69 bits per heavy atom. The van der Waals surface area contributed by atoms with Crippen LogP contribution in [0.25, 0.3) is 21.9 Å². The molecule has 5 aromatic rings. The van der Waals surface area contributed by atoms with Crippen LogP contribution in [0.1, 0.15) is 48.7 Å². The molecule has 0 aliphatic heterocycles. The van der Waals surface area contributed by atoms with Gasteiger partial charge in [-0.3, -0.25) is 4.79 Å². The van der Waals surface area contributed by atoms with Crippen molar-refractivity contribution in [3.05, 3.63) is 100 Å². The fourth-order valence-corrected chi connectivity index (χ4v) is 5.90. The maximum atomic E-state index is 14.9. The molecular weight excluding hydrogens is 561 g/mol. The SMILES string of the molecule is O=C(O)[C@H]1CCCC[C@@H]1c1nc2cc(OCc3ccc4ccccc4n3)ccc2n1Cc1ccc(Br)cc1F. The number of pyridine rings is 1. The lowest BCUT2D eigenvalue weighted by molar-refractivity contribution is -0.143. The van der Waals surface area contributed by atoms with E-state index in [4.69, 9.17) is 9.72 Å². The van der Waals surface area contributed by atoms with E-state index in [0.29, 0.717) is 40.2 Å². The molecule has 0 spiro atoms. The third kappa shape index (κ3) is 5.26. The standard InChI is InChI=1S/C31H27BrFN3O3/c32-21-11-9-20(26(33)15-21)17-36-29-14-13-23(39-18-22-12-10-19-5-1-4-8-27(19)34-22)16-28(29)35-30(36)24-6-2-3-7-25(24)31(37)38/h1,4-5,8-16,24-25H,2-3,6-7,17-18H2,(H,37,38)/t24-,25-/m0/s1. The topological polar surface area (TPSA) is 77.2 Å². The highest BCUT2D eigenvalue weighted by atomic mass is 79.9. The molecule has 198 valence electrons. The highest BCUT2D eigenvalue weighted by molar-refractivity contribution is 9.10. The minimum Gasteiger partial charge on any atom is -0.487 e. The Balaban J connectivity index is 1.35. The van der Waals surface area contributed by atoms with Crippen molar-refractivity contribution in [3.8, 4) is 5.75 Å². The molecule has 2 aromatic heterocycles. The van der Waals surface area contributed by atoms with Crippen LogP contribution in [0.3, 0.4) is 0 Å². The number of carbonyl (C=O) groups is 1. The van der Waals surface area contributed by atoms with Crippen molar-refractivity contribution in [2.45, 2.75) is 44.8 Å². The molecule has 1 N–H and O–H groups in total. The number of carboxylic acids is 1. The fourth-order valence-electron chi connectivity index (χ4n) is 5.57. The summed E-state index contributed by atoms with van der Waals surface area (Å²) in [6.07, 6.45) is 3.18. The van der Waals surface area contributed by atoms with Gasteiger partial charge in [-0.25, -0.2) is 14.4 Å². The van der Waals surface area contributed by atoms with Crippen LogP contribution in [-0.2, 0) is 17.9 Å². The molecule has 1 saturated carbocycles. The van der Waals surface area contributed by atoms with Crippen molar-refractivity contribution in [1.82, 2.24) is 14.5 Å². The second-order valence-corrected chi connectivity index (χ2v) is 11.0. The Morgan fingerprint density at radius 1 is 1.00 bits per heavy atom. The summed E-state index contributed by atoms with van der Waals surface area (Å²) in [5, 5.41) is 11.0. The summed E-state index contributed by atoms with van der Waals surface area (Å²) in [4.78, 5) is 21.8. The molecule has 6 nitrogen and oxygen atoms in total. The fraction of sp³-hybridized carbons (Fsp3) is 0.258. The van der Waals surface area contributed by atoms with Crippen LogP contribution >= 0.6 is 15.9 Å². The molecule has 1 aliphatic rings. The number of nitrogens with zero attached hydrogens (tertiary/aromatic N) is 3. The van der Waals surface area contributed by atoms with E-state index in [1.807, 2.05) is 65.2 Å². The summed E-state index contributed by atoms with van der Waals surface area (Å²) in [7, 11) is 0. The van der Waals surface area contributed by atoms with Gasteiger partial charge in [0, 0.05) is 27.4 Å². The van der Waals surface area contributed by atoms with Crippen molar-refractivity contribution in [2.75, 3.05) is 0 Å². The molecule has 39 heavy (non-hydrogen) atoms. The van der Waals surface area contributed by atoms with Crippen molar-refractivity contribution >= 4 is 43.8 Å². The van der Waals surface area contributed by atoms with Crippen molar-refractivity contribution < 1.29 is 19.0 Å². The number of carboxylic acid groups (broad SMARTS) is 1. The van der Waals surface area contributed by atoms with Crippen LogP contribution in [0.15, 0.2) is 77.3 Å². The van der Waals surface area contributed by atoms with Gasteiger partial charge in [0.25, 0.3) is 0 Å². The zero-order valence-electron chi connectivity index (χ0n) is 21.2. The second-order valence-electron chi connectivity index (χ2n) is 10.1. The largest absolute Gasteiger partial charge is 0.487 e. The smallest absolute Gasteiger partial charge is 0.307 e. The molecule has 0 unspecified atom stereocenters. The monoisotopic (exact) mass is 587 g/mol. The number of imidazole rings is 1. The Bertz CT molecular complexity index is 1690. The van der Waals surface area contributed by atoms with Gasteiger partial charge < -0.3 is 14.4 Å². The van der Waals surface area contributed by atoms with E-state index in [0.717, 1.165) is 41.4 Å². The van der Waals surface area contributed by atoms with E-state index in [1.165, 1.54) is 6.07 Å². The van der Waals surface area contributed by atoms with Gasteiger partial charge in [0.1, 0.15) is 24.0 Å². The zero-order chi connectivity index (χ0) is 26.9. The van der Waals surface area contributed by atoms with E-state index in [1.54, 1.807) is 6.07 Å². The van der Waals surface area contributed by atoms with Gasteiger partial charge in [0.15, 0.2) is 0 Å². The summed E-state index contributed by atoms with van der Waals surface area (Å²) in [6, 6.07) is 22.6. The van der Waals surface area contributed by atoms with Crippen molar-refractivity contribution in [2.24, 2.45) is 5.92 Å². The van der Waals surface area contributed by atoms with E-state index >= 15 is 0 Å². The van der Waals surface area contributed by atoms with Gasteiger partial charge in [-0.15, -0.1) is 0 Å². The highest BCUT2D eigenvalue weighted by Crippen LogP contribution is 2.39. The zero-order valence-corrected chi connectivity index (χ0v) is 22.8. The second kappa shape index (κ2) is 10.8. The van der Waals surface area contributed by atoms with E-state index in [9.17, 15) is 14.3 Å². The molecule has 0 bridgehead atoms. The average Bonchev–Trinajstić information content (AvgIpc) is 3.30. The van der Waals surface area contributed by atoms with Gasteiger partial charge in [-0.2, -0.15) is 0 Å². The molecular formula is C31H27BrFN3O3. The molecule has 0 amide bonds. The van der Waals surface area contributed by atoms with Crippen LogP contribution in [0.2, 0.25) is 0 Å². The Morgan fingerprint density at radius 2 is 1.85 bits per heavy atom. The number of aromatic nitrogens is 3. The van der Waals surface area contributed by atoms with Gasteiger partial charge in [-0.05, 0) is 49.2 Å². The number of fused-ring (bicyclic) bond motifs is 2. The molecule has 2 atom stereocenters. The lowest BCUT2D eigenvalue weighted by atomic mass is 9.78. The van der Waals surface area contributed by atoms with Gasteiger partial charge in [0.2, 0.25) is 0 Å². The van der Waals surface area contributed by atoms with Crippen molar-refractivity contribution in [3.63, 3.8) is 0 Å². The summed E-state index contributed by atoms with van der Waals surface area (Å²) >= 11 is 3.32. The van der Waals surface area contributed by atoms with Crippen LogP contribution in [0.4, 0.5) is 4.39 Å². The number of para-hydroxylation sites is 1. The predicted molar refractivity (Wildman–Crippen MR) is 151 cm³/mol. The van der Waals surface area contributed by atoms with Crippen LogP contribution < -0.4 is 4.74 Å². The normalized spacial score (nSPS) is 17.5. The van der Waals surface area contributed by atoms with E-state index < -0.39 is 11.9 Å². The highest BCUT2D eigenvalue weighted by Gasteiger charge is 2.35. The predicted octanol–water partition coefficient (Wildman–Crippen LogP) is 7.47. The number of hydrogen-bond acceptors (Lipinski definition) is 4. The van der Waals surface area contributed by atoms with Gasteiger partial charge in [0.05, 0.1) is 34.7 Å². The summed E-state index contributed by atoms with van der Waals surface area (Å²) < 4.78 is 23.6. The lowest BCUT2D eigenvalue weighted by Crippen LogP contribution is -2.28. The molecule has 3 aromatic carbocycles.